The third kappa shape index (κ3) is 4.69. The van der Waals surface area contributed by atoms with Crippen LogP contribution in [0.25, 0.3) is 16.3 Å². The highest BCUT2D eigenvalue weighted by atomic mass is 32.1. The van der Waals surface area contributed by atoms with Gasteiger partial charge in [-0.3, -0.25) is 9.59 Å². The van der Waals surface area contributed by atoms with Gasteiger partial charge < -0.3 is 20.1 Å². The maximum Gasteiger partial charge on any atom is 0.255 e. The van der Waals surface area contributed by atoms with Crippen molar-refractivity contribution in [3.8, 4) is 11.5 Å². The standard InChI is InChI=1S/C23H23N3O4S/c1-29-19-13-15(8-10-18(19)30-14-21(24)27)9-11-22(28)26-12-4-6-17(26)23-25-16-5-2-3-7-20(16)31-23/h2-3,5,7-11,13,17H,4,6,12,14H2,1H3,(H2,24,27)/b11-9+. The highest BCUT2D eigenvalue weighted by molar-refractivity contribution is 7.18. The van der Waals surface area contributed by atoms with Gasteiger partial charge in [0.1, 0.15) is 5.01 Å². The molecule has 0 bridgehead atoms. The van der Waals surface area contributed by atoms with Crippen molar-refractivity contribution in [1.82, 2.24) is 9.88 Å². The van der Waals surface area contributed by atoms with Crippen molar-refractivity contribution in [3.63, 3.8) is 0 Å². The van der Waals surface area contributed by atoms with Crippen LogP contribution in [0.15, 0.2) is 48.5 Å². The number of rotatable bonds is 7. The number of carbonyl (C=O) groups is 2. The van der Waals surface area contributed by atoms with Crippen molar-refractivity contribution >= 4 is 39.4 Å². The van der Waals surface area contributed by atoms with E-state index >= 15 is 0 Å². The Balaban J connectivity index is 1.48. The molecule has 1 aliphatic rings. The summed E-state index contributed by atoms with van der Waals surface area (Å²) in [6, 6.07) is 13.3. The third-order valence-corrected chi connectivity index (χ3v) is 6.24. The first kappa shape index (κ1) is 20.9. The number of thiazole rings is 1. The number of para-hydroxylation sites is 1. The van der Waals surface area contributed by atoms with E-state index in [0.717, 1.165) is 33.6 Å². The fourth-order valence-electron chi connectivity index (χ4n) is 3.64. The van der Waals surface area contributed by atoms with Crippen LogP contribution >= 0.6 is 11.3 Å². The number of nitrogens with zero attached hydrogens (tertiary/aromatic N) is 2. The molecule has 1 aliphatic heterocycles. The number of fused-ring (bicyclic) bond motifs is 1. The predicted octanol–water partition coefficient (Wildman–Crippen LogP) is 3.55. The fourth-order valence-corrected chi connectivity index (χ4v) is 4.75. The molecular formula is C23H23N3O4S. The summed E-state index contributed by atoms with van der Waals surface area (Å²) >= 11 is 1.65. The van der Waals surface area contributed by atoms with Crippen LogP contribution < -0.4 is 15.2 Å². The Morgan fingerprint density at radius 3 is 2.87 bits per heavy atom. The van der Waals surface area contributed by atoms with Gasteiger partial charge in [0, 0.05) is 12.6 Å². The molecule has 160 valence electrons. The molecule has 7 nitrogen and oxygen atoms in total. The molecule has 1 atom stereocenters. The molecule has 8 heteroatoms. The van der Waals surface area contributed by atoms with Crippen LogP contribution in [0, 0.1) is 0 Å². The number of carbonyl (C=O) groups excluding carboxylic acids is 2. The molecule has 2 heterocycles. The lowest BCUT2D eigenvalue weighted by atomic mass is 10.1. The topological polar surface area (TPSA) is 94.8 Å². The number of nitrogens with two attached hydrogens (primary N) is 1. The minimum Gasteiger partial charge on any atom is -0.493 e. The minimum absolute atomic E-state index is 0.00802. The second kappa shape index (κ2) is 9.18. The summed E-state index contributed by atoms with van der Waals surface area (Å²) < 4.78 is 11.8. The van der Waals surface area contributed by atoms with E-state index in [1.54, 1.807) is 41.7 Å². The lowest BCUT2D eigenvalue weighted by Crippen LogP contribution is -2.28. The maximum atomic E-state index is 12.9. The second-order valence-electron chi connectivity index (χ2n) is 7.21. The summed E-state index contributed by atoms with van der Waals surface area (Å²) in [6.07, 6.45) is 5.19. The van der Waals surface area contributed by atoms with E-state index < -0.39 is 5.91 Å². The minimum atomic E-state index is -0.565. The Labute approximate surface area is 184 Å². The average molecular weight is 438 g/mol. The molecule has 0 saturated carbocycles. The van der Waals surface area contributed by atoms with E-state index in [4.69, 9.17) is 20.2 Å². The second-order valence-corrected chi connectivity index (χ2v) is 8.27. The quantitative estimate of drug-likeness (QED) is 0.571. The van der Waals surface area contributed by atoms with Crippen LogP contribution in [0.1, 0.15) is 29.5 Å². The molecule has 0 radical (unpaired) electrons. The zero-order chi connectivity index (χ0) is 21.8. The Kier molecular flexibility index (Phi) is 6.18. The van der Waals surface area contributed by atoms with Gasteiger partial charge >= 0.3 is 0 Å². The number of hydrogen-bond acceptors (Lipinski definition) is 6. The van der Waals surface area contributed by atoms with Gasteiger partial charge in [-0.05, 0) is 48.7 Å². The highest BCUT2D eigenvalue weighted by Crippen LogP contribution is 2.36. The molecule has 1 fully saturated rings. The molecule has 0 spiro atoms. The number of amides is 2. The Bertz CT molecular complexity index is 1110. The Morgan fingerprint density at radius 2 is 2.10 bits per heavy atom. The van der Waals surface area contributed by atoms with Crippen molar-refractivity contribution in [1.29, 1.82) is 0 Å². The molecule has 0 aliphatic carbocycles. The number of ether oxygens (including phenoxy) is 2. The van der Waals surface area contributed by atoms with Gasteiger partial charge in [0.25, 0.3) is 5.91 Å². The Morgan fingerprint density at radius 1 is 1.26 bits per heavy atom. The van der Waals surface area contributed by atoms with E-state index in [2.05, 4.69) is 6.07 Å². The zero-order valence-corrected chi connectivity index (χ0v) is 17.9. The number of methoxy groups -OCH3 is 1. The van der Waals surface area contributed by atoms with Crippen LogP contribution in [0.5, 0.6) is 11.5 Å². The molecule has 31 heavy (non-hydrogen) atoms. The highest BCUT2D eigenvalue weighted by Gasteiger charge is 2.31. The van der Waals surface area contributed by atoms with Gasteiger partial charge in [-0.15, -0.1) is 11.3 Å². The molecule has 1 saturated heterocycles. The summed E-state index contributed by atoms with van der Waals surface area (Å²) in [4.78, 5) is 30.5. The number of primary amides is 1. The van der Waals surface area contributed by atoms with Crippen molar-refractivity contribution < 1.29 is 19.1 Å². The van der Waals surface area contributed by atoms with Gasteiger partial charge in [-0.25, -0.2) is 4.98 Å². The molecule has 2 N–H and O–H groups in total. The summed E-state index contributed by atoms with van der Waals surface area (Å²) in [7, 11) is 1.51. The number of aromatic nitrogens is 1. The van der Waals surface area contributed by atoms with E-state index in [-0.39, 0.29) is 18.6 Å². The first-order valence-corrected chi connectivity index (χ1v) is 10.8. The SMILES string of the molecule is COc1cc(/C=C/C(=O)N2CCCC2c2nc3ccccc3s2)ccc1OCC(N)=O. The average Bonchev–Trinajstić information content (AvgIpc) is 3.42. The van der Waals surface area contributed by atoms with Gasteiger partial charge in [-0.1, -0.05) is 18.2 Å². The predicted molar refractivity (Wildman–Crippen MR) is 120 cm³/mol. The zero-order valence-electron chi connectivity index (χ0n) is 17.1. The smallest absolute Gasteiger partial charge is 0.255 e. The maximum absolute atomic E-state index is 12.9. The third-order valence-electron chi connectivity index (χ3n) is 5.11. The largest absolute Gasteiger partial charge is 0.493 e. The molecule has 1 unspecified atom stereocenters. The van der Waals surface area contributed by atoms with Crippen LogP contribution in [0.2, 0.25) is 0 Å². The lowest BCUT2D eigenvalue weighted by molar-refractivity contribution is -0.126. The lowest BCUT2D eigenvalue weighted by Gasteiger charge is -2.21. The van der Waals surface area contributed by atoms with E-state index in [0.29, 0.717) is 18.0 Å². The van der Waals surface area contributed by atoms with Crippen LogP contribution in [-0.4, -0.2) is 42.0 Å². The molecule has 2 amide bonds. The molecular weight excluding hydrogens is 414 g/mol. The van der Waals surface area contributed by atoms with E-state index in [1.165, 1.54) is 7.11 Å². The molecule has 4 rings (SSSR count). The van der Waals surface area contributed by atoms with Gasteiger partial charge in [0.15, 0.2) is 18.1 Å². The number of likely N-dealkylation sites (tertiary alicyclic amines) is 1. The van der Waals surface area contributed by atoms with Crippen LogP contribution in [0.3, 0.4) is 0 Å². The molecule has 3 aromatic rings. The summed E-state index contributed by atoms with van der Waals surface area (Å²) in [5.74, 6) is 0.268. The normalized spacial score (nSPS) is 16.2. The molecule has 2 aromatic carbocycles. The summed E-state index contributed by atoms with van der Waals surface area (Å²) in [6.45, 7) is 0.485. The number of hydrogen-bond donors (Lipinski definition) is 1. The van der Waals surface area contributed by atoms with Crippen molar-refractivity contribution in [2.75, 3.05) is 20.3 Å². The molecule has 1 aromatic heterocycles. The van der Waals surface area contributed by atoms with Crippen molar-refractivity contribution in [3.05, 3.63) is 59.1 Å². The first-order chi connectivity index (χ1) is 15.0. The van der Waals surface area contributed by atoms with Gasteiger partial charge in [-0.2, -0.15) is 0 Å². The van der Waals surface area contributed by atoms with Crippen molar-refractivity contribution in [2.24, 2.45) is 5.73 Å². The summed E-state index contributed by atoms with van der Waals surface area (Å²) in [5, 5.41) is 0.984. The number of benzene rings is 2. The van der Waals surface area contributed by atoms with E-state index in [9.17, 15) is 9.59 Å². The van der Waals surface area contributed by atoms with Crippen LogP contribution in [0.4, 0.5) is 0 Å². The Hall–Kier alpha value is -3.39. The first-order valence-electron chi connectivity index (χ1n) is 9.98. The van der Waals surface area contributed by atoms with Crippen molar-refractivity contribution in [2.45, 2.75) is 18.9 Å². The van der Waals surface area contributed by atoms with Gasteiger partial charge in [0.05, 0.1) is 23.4 Å². The van der Waals surface area contributed by atoms with Crippen LogP contribution in [-0.2, 0) is 9.59 Å². The van der Waals surface area contributed by atoms with E-state index in [1.807, 2.05) is 23.1 Å². The fraction of sp³-hybridized carbons (Fsp3) is 0.261. The monoisotopic (exact) mass is 437 g/mol. The summed E-state index contributed by atoms with van der Waals surface area (Å²) in [5.41, 5.74) is 6.88. The van der Waals surface area contributed by atoms with Gasteiger partial charge in [0.2, 0.25) is 5.91 Å².